The van der Waals surface area contributed by atoms with Gasteiger partial charge in [-0.25, -0.2) is 24.4 Å². The number of esters is 3. The fourth-order valence-electron chi connectivity index (χ4n) is 4.86. The van der Waals surface area contributed by atoms with Gasteiger partial charge in [0.25, 0.3) is 0 Å². The summed E-state index contributed by atoms with van der Waals surface area (Å²) in [4.78, 5) is 48.0. The third-order valence-electron chi connectivity index (χ3n) is 6.93. The van der Waals surface area contributed by atoms with Gasteiger partial charge in [-0.15, -0.1) is 0 Å². The van der Waals surface area contributed by atoms with Crippen molar-refractivity contribution in [2.75, 3.05) is 6.61 Å². The van der Waals surface area contributed by atoms with E-state index in [2.05, 4.69) is 9.97 Å². The van der Waals surface area contributed by atoms with Crippen LogP contribution in [0.1, 0.15) is 37.3 Å². The molecule has 3 heterocycles. The predicted molar refractivity (Wildman–Crippen MR) is 159 cm³/mol. The van der Waals surface area contributed by atoms with Gasteiger partial charge >= 0.3 is 17.9 Å². The van der Waals surface area contributed by atoms with Crippen molar-refractivity contribution < 1.29 is 33.3 Å². The molecule has 0 spiro atoms. The van der Waals surface area contributed by atoms with E-state index in [0.29, 0.717) is 16.6 Å². The molecule has 0 radical (unpaired) electrons. The van der Waals surface area contributed by atoms with Crippen molar-refractivity contribution in [1.29, 1.82) is 0 Å². The minimum atomic E-state index is -1.24. The summed E-state index contributed by atoms with van der Waals surface area (Å²) in [5.41, 5.74) is 1.60. The smallest absolute Gasteiger partial charge is 0.338 e. The highest BCUT2D eigenvalue weighted by molar-refractivity contribution is 6.36. The molecule has 0 saturated carbocycles. The Kier molecular flexibility index (Phi) is 8.56. The Morgan fingerprint density at radius 3 is 1.84 bits per heavy atom. The van der Waals surface area contributed by atoms with Crippen molar-refractivity contribution in [3.63, 3.8) is 0 Å². The number of halogens is 2. The SMILES string of the molecule is O=C(OC[C@@H]1O[C@@H](n2cnc3cc(Cl)nc(Cl)c32)[C@@H](OC(=O)c2ccccc2)[C@H]1OC(=O)c1ccccc1)c1ccccc1. The van der Waals surface area contributed by atoms with Gasteiger partial charge in [0, 0.05) is 6.07 Å². The van der Waals surface area contributed by atoms with E-state index in [0.717, 1.165) is 0 Å². The lowest BCUT2D eigenvalue weighted by molar-refractivity contribution is -0.0604. The zero-order chi connectivity index (χ0) is 30.6. The number of benzene rings is 3. The molecule has 0 N–H and O–H groups in total. The summed E-state index contributed by atoms with van der Waals surface area (Å²) >= 11 is 12.6. The van der Waals surface area contributed by atoms with E-state index in [9.17, 15) is 14.4 Å². The Labute approximate surface area is 261 Å². The number of hydrogen-bond donors (Lipinski definition) is 0. The number of fused-ring (bicyclic) bond motifs is 1. The molecule has 4 atom stereocenters. The first-order chi connectivity index (χ1) is 21.4. The molecule has 3 aromatic carbocycles. The Morgan fingerprint density at radius 2 is 1.27 bits per heavy atom. The van der Waals surface area contributed by atoms with Crippen LogP contribution in [0.2, 0.25) is 10.3 Å². The van der Waals surface area contributed by atoms with Crippen LogP contribution in [0.3, 0.4) is 0 Å². The molecule has 44 heavy (non-hydrogen) atoms. The Bertz CT molecular complexity index is 1800. The van der Waals surface area contributed by atoms with Gasteiger partial charge in [-0.1, -0.05) is 77.8 Å². The number of aromatic nitrogens is 3. The van der Waals surface area contributed by atoms with Gasteiger partial charge in [-0.3, -0.25) is 4.57 Å². The van der Waals surface area contributed by atoms with Gasteiger partial charge in [-0.05, 0) is 36.4 Å². The average molecular weight is 632 g/mol. The Morgan fingerprint density at radius 1 is 0.750 bits per heavy atom. The van der Waals surface area contributed by atoms with E-state index in [1.807, 2.05) is 0 Å². The maximum Gasteiger partial charge on any atom is 0.338 e. The maximum absolute atomic E-state index is 13.4. The molecule has 12 heteroatoms. The quantitative estimate of drug-likeness (QED) is 0.116. The second-order valence-corrected chi connectivity index (χ2v) is 10.5. The molecule has 2 aromatic heterocycles. The van der Waals surface area contributed by atoms with Gasteiger partial charge in [0.15, 0.2) is 23.6 Å². The number of pyridine rings is 1. The van der Waals surface area contributed by atoms with Crippen LogP contribution in [0.4, 0.5) is 0 Å². The molecule has 1 aliphatic rings. The number of hydrogen-bond acceptors (Lipinski definition) is 9. The second kappa shape index (κ2) is 12.8. The number of ether oxygens (including phenoxy) is 4. The van der Waals surface area contributed by atoms with Gasteiger partial charge in [-0.2, -0.15) is 0 Å². The molecule has 0 bridgehead atoms. The lowest BCUT2D eigenvalue weighted by atomic mass is 10.1. The van der Waals surface area contributed by atoms with Gasteiger partial charge in [0.2, 0.25) is 0 Å². The first kappa shape index (κ1) is 29.3. The highest BCUT2D eigenvalue weighted by Gasteiger charge is 2.51. The van der Waals surface area contributed by atoms with E-state index in [4.69, 9.17) is 42.1 Å². The zero-order valence-electron chi connectivity index (χ0n) is 22.8. The summed E-state index contributed by atoms with van der Waals surface area (Å²) in [5, 5.41) is 0.158. The molecular weight excluding hydrogens is 609 g/mol. The molecule has 0 amide bonds. The van der Waals surface area contributed by atoms with E-state index >= 15 is 0 Å². The molecular formula is C32H23Cl2N3O7. The minimum absolute atomic E-state index is 0.0264. The van der Waals surface area contributed by atoms with Crippen molar-refractivity contribution >= 4 is 52.1 Å². The van der Waals surface area contributed by atoms with Crippen molar-refractivity contribution in [2.24, 2.45) is 0 Å². The number of imidazole rings is 1. The lowest BCUT2D eigenvalue weighted by Gasteiger charge is -2.25. The molecule has 6 rings (SSSR count). The van der Waals surface area contributed by atoms with Crippen LogP contribution in [0, 0.1) is 0 Å². The Hall–Kier alpha value is -4.77. The summed E-state index contributed by atoms with van der Waals surface area (Å²) < 4.78 is 25.4. The lowest BCUT2D eigenvalue weighted by Crippen LogP contribution is -2.41. The van der Waals surface area contributed by atoms with E-state index in [1.54, 1.807) is 91.0 Å². The molecule has 222 valence electrons. The third kappa shape index (κ3) is 6.14. The van der Waals surface area contributed by atoms with Crippen molar-refractivity contribution in [2.45, 2.75) is 24.5 Å². The predicted octanol–water partition coefficient (Wildman–Crippen LogP) is 5.94. The van der Waals surface area contributed by atoms with Crippen LogP contribution in [-0.4, -0.2) is 57.4 Å². The summed E-state index contributed by atoms with van der Waals surface area (Å²) in [6, 6.07) is 26.5. The first-order valence-corrected chi connectivity index (χ1v) is 14.2. The van der Waals surface area contributed by atoms with E-state index in [-0.39, 0.29) is 28.0 Å². The highest BCUT2D eigenvalue weighted by Crippen LogP contribution is 2.38. The molecule has 1 aliphatic heterocycles. The summed E-state index contributed by atoms with van der Waals surface area (Å²) in [7, 11) is 0. The van der Waals surface area contributed by atoms with E-state index < -0.39 is 42.4 Å². The normalized spacial score (nSPS) is 19.4. The van der Waals surface area contributed by atoms with Crippen LogP contribution >= 0.6 is 23.2 Å². The first-order valence-electron chi connectivity index (χ1n) is 13.5. The van der Waals surface area contributed by atoms with Crippen LogP contribution in [0.5, 0.6) is 0 Å². The van der Waals surface area contributed by atoms with Gasteiger partial charge in [0.05, 0.1) is 28.5 Å². The minimum Gasteiger partial charge on any atom is -0.459 e. The Balaban J connectivity index is 1.39. The average Bonchev–Trinajstić information content (AvgIpc) is 3.62. The molecule has 10 nitrogen and oxygen atoms in total. The number of carbonyl (C=O) groups excluding carboxylic acids is 3. The van der Waals surface area contributed by atoms with Crippen LogP contribution in [-0.2, 0) is 18.9 Å². The van der Waals surface area contributed by atoms with Crippen LogP contribution in [0.15, 0.2) is 103 Å². The fourth-order valence-corrected chi connectivity index (χ4v) is 5.38. The summed E-state index contributed by atoms with van der Waals surface area (Å²) in [5.74, 6) is -2.00. The molecule has 1 saturated heterocycles. The molecule has 1 fully saturated rings. The second-order valence-electron chi connectivity index (χ2n) is 9.76. The number of nitrogens with zero attached hydrogens (tertiary/aromatic N) is 3. The van der Waals surface area contributed by atoms with Gasteiger partial charge < -0.3 is 18.9 Å². The van der Waals surface area contributed by atoms with Gasteiger partial charge in [0.1, 0.15) is 23.4 Å². The van der Waals surface area contributed by atoms with Crippen molar-refractivity contribution in [3.05, 3.63) is 130 Å². The molecule has 0 aliphatic carbocycles. The standard InChI is InChI=1S/C32H23Cl2N3O7/c33-24-16-22-25(28(34)36-24)37(18-35-22)29-27(44-32(40)21-14-8-3-9-15-21)26(43-31(39)20-12-6-2-7-13-20)23(42-29)17-41-30(38)19-10-4-1-5-11-19/h1-16,18,23,26-27,29H,17H2/t23-,26-,27-,29+/m0/s1. The zero-order valence-corrected chi connectivity index (χ0v) is 24.3. The largest absolute Gasteiger partial charge is 0.459 e. The molecule has 0 unspecified atom stereocenters. The number of carbonyl (C=O) groups is 3. The maximum atomic E-state index is 13.4. The number of rotatable bonds is 8. The van der Waals surface area contributed by atoms with E-state index in [1.165, 1.54) is 17.0 Å². The summed E-state index contributed by atoms with van der Waals surface area (Å²) in [6.45, 7) is -0.333. The monoisotopic (exact) mass is 631 g/mol. The van der Waals surface area contributed by atoms with Crippen molar-refractivity contribution in [3.8, 4) is 0 Å². The van der Waals surface area contributed by atoms with Crippen LogP contribution < -0.4 is 0 Å². The fraction of sp³-hybridized carbons (Fsp3) is 0.156. The molecule has 5 aromatic rings. The summed E-state index contributed by atoms with van der Waals surface area (Å²) in [6.07, 6.45) is -3.22. The van der Waals surface area contributed by atoms with Crippen LogP contribution in [0.25, 0.3) is 11.0 Å². The highest BCUT2D eigenvalue weighted by atomic mass is 35.5. The topological polar surface area (TPSA) is 119 Å². The third-order valence-corrected chi connectivity index (χ3v) is 7.39. The van der Waals surface area contributed by atoms with Crippen molar-refractivity contribution in [1.82, 2.24) is 14.5 Å².